The van der Waals surface area contributed by atoms with Crippen molar-refractivity contribution in [3.8, 4) is 6.07 Å². The Labute approximate surface area is 106 Å². The van der Waals surface area contributed by atoms with Gasteiger partial charge in [0.15, 0.2) is 0 Å². The van der Waals surface area contributed by atoms with Gasteiger partial charge >= 0.3 is 0 Å². The molecule has 1 saturated carbocycles. The largest absolute Gasteiger partial charge is 0.370 e. The van der Waals surface area contributed by atoms with Gasteiger partial charge < -0.3 is 5.32 Å². The topological polar surface area (TPSA) is 48.7 Å². The van der Waals surface area contributed by atoms with Crippen molar-refractivity contribution in [2.75, 3.05) is 11.9 Å². The van der Waals surface area contributed by atoms with Crippen molar-refractivity contribution < 1.29 is 0 Å². The summed E-state index contributed by atoms with van der Waals surface area (Å²) >= 11 is 0. The Morgan fingerprint density at radius 1 is 1.33 bits per heavy atom. The smallest absolute Gasteiger partial charge is 0.127 e. The number of aromatic nitrogens is 1. The van der Waals surface area contributed by atoms with Gasteiger partial charge in [0.05, 0.1) is 17.1 Å². The SMILES string of the molecule is N#Cc1cc(NCC2CCC2)nc2ccccc12. The number of nitrogens with zero attached hydrogens (tertiary/aromatic N) is 2. The summed E-state index contributed by atoms with van der Waals surface area (Å²) in [5.74, 6) is 1.60. The number of benzene rings is 1. The molecule has 1 aliphatic rings. The zero-order chi connectivity index (χ0) is 12.4. The van der Waals surface area contributed by atoms with E-state index in [9.17, 15) is 5.26 Å². The van der Waals surface area contributed by atoms with Crippen LogP contribution in [0.15, 0.2) is 30.3 Å². The predicted molar refractivity (Wildman–Crippen MR) is 72.3 cm³/mol. The molecule has 1 aliphatic carbocycles. The molecule has 1 fully saturated rings. The molecule has 18 heavy (non-hydrogen) atoms. The molecule has 1 heterocycles. The van der Waals surface area contributed by atoms with Crippen LogP contribution < -0.4 is 5.32 Å². The third-order valence-electron chi connectivity index (χ3n) is 3.63. The van der Waals surface area contributed by atoms with E-state index in [4.69, 9.17) is 0 Å². The lowest BCUT2D eigenvalue weighted by atomic mass is 9.85. The molecule has 0 atom stereocenters. The number of hydrogen-bond acceptors (Lipinski definition) is 3. The summed E-state index contributed by atoms with van der Waals surface area (Å²) in [6.45, 7) is 0.968. The van der Waals surface area contributed by atoms with Crippen LogP contribution in [0.2, 0.25) is 0 Å². The zero-order valence-corrected chi connectivity index (χ0v) is 10.2. The lowest BCUT2D eigenvalue weighted by molar-refractivity contribution is 0.333. The van der Waals surface area contributed by atoms with Gasteiger partial charge in [0.2, 0.25) is 0 Å². The minimum atomic E-state index is 0.691. The van der Waals surface area contributed by atoms with E-state index < -0.39 is 0 Å². The normalized spacial score (nSPS) is 15.1. The second-order valence-corrected chi connectivity index (χ2v) is 4.86. The van der Waals surface area contributed by atoms with Gasteiger partial charge in [-0.15, -0.1) is 0 Å². The van der Waals surface area contributed by atoms with Crippen molar-refractivity contribution in [3.63, 3.8) is 0 Å². The van der Waals surface area contributed by atoms with Crippen molar-refractivity contribution in [2.45, 2.75) is 19.3 Å². The number of para-hydroxylation sites is 1. The van der Waals surface area contributed by atoms with Crippen molar-refractivity contribution in [2.24, 2.45) is 5.92 Å². The fraction of sp³-hybridized carbons (Fsp3) is 0.333. The number of pyridine rings is 1. The lowest BCUT2D eigenvalue weighted by Crippen LogP contribution is -2.21. The quantitative estimate of drug-likeness (QED) is 0.890. The molecular weight excluding hydrogens is 222 g/mol. The Morgan fingerprint density at radius 3 is 2.89 bits per heavy atom. The summed E-state index contributed by atoms with van der Waals surface area (Å²) < 4.78 is 0. The maximum atomic E-state index is 9.19. The van der Waals surface area contributed by atoms with Crippen LogP contribution in [-0.4, -0.2) is 11.5 Å². The van der Waals surface area contributed by atoms with Gasteiger partial charge in [0, 0.05) is 11.9 Å². The van der Waals surface area contributed by atoms with E-state index in [2.05, 4.69) is 16.4 Å². The molecule has 1 N–H and O–H groups in total. The molecule has 0 bridgehead atoms. The highest BCUT2D eigenvalue weighted by Gasteiger charge is 2.17. The summed E-state index contributed by atoms with van der Waals surface area (Å²) in [6.07, 6.45) is 3.97. The highest BCUT2D eigenvalue weighted by Crippen LogP contribution is 2.27. The van der Waals surface area contributed by atoms with Crippen LogP contribution in [-0.2, 0) is 0 Å². The van der Waals surface area contributed by atoms with E-state index in [1.165, 1.54) is 19.3 Å². The van der Waals surface area contributed by atoms with Crippen LogP contribution in [0.5, 0.6) is 0 Å². The van der Waals surface area contributed by atoms with E-state index in [1.807, 2.05) is 30.3 Å². The van der Waals surface area contributed by atoms with Crippen LogP contribution in [0.1, 0.15) is 24.8 Å². The minimum Gasteiger partial charge on any atom is -0.370 e. The van der Waals surface area contributed by atoms with Gasteiger partial charge in [-0.05, 0) is 30.9 Å². The summed E-state index contributed by atoms with van der Waals surface area (Å²) in [5, 5.41) is 13.5. The third-order valence-corrected chi connectivity index (χ3v) is 3.63. The van der Waals surface area contributed by atoms with Crippen LogP contribution in [0.3, 0.4) is 0 Å². The fourth-order valence-electron chi connectivity index (χ4n) is 2.30. The van der Waals surface area contributed by atoms with E-state index in [1.54, 1.807) is 0 Å². The summed E-state index contributed by atoms with van der Waals surface area (Å²) in [4.78, 5) is 4.55. The molecule has 3 heteroatoms. The van der Waals surface area contributed by atoms with Crippen LogP contribution in [0.25, 0.3) is 10.9 Å². The molecule has 3 rings (SSSR count). The van der Waals surface area contributed by atoms with Crippen LogP contribution in [0, 0.1) is 17.2 Å². The first-order chi connectivity index (χ1) is 8.86. The van der Waals surface area contributed by atoms with Gasteiger partial charge in [0.1, 0.15) is 5.82 Å². The molecule has 0 saturated heterocycles. The predicted octanol–water partition coefficient (Wildman–Crippen LogP) is 3.32. The molecule has 1 aromatic carbocycles. The van der Waals surface area contributed by atoms with Crippen molar-refractivity contribution in [3.05, 3.63) is 35.9 Å². The van der Waals surface area contributed by atoms with Crippen LogP contribution in [0.4, 0.5) is 5.82 Å². The van der Waals surface area contributed by atoms with E-state index >= 15 is 0 Å². The lowest BCUT2D eigenvalue weighted by Gasteiger charge is -2.25. The second kappa shape index (κ2) is 4.66. The Morgan fingerprint density at radius 2 is 2.17 bits per heavy atom. The van der Waals surface area contributed by atoms with Gasteiger partial charge in [-0.2, -0.15) is 5.26 Å². The molecular formula is C15H15N3. The molecule has 3 nitrogen and oxygen atoms in total. The molecule has 90 valence electrons. The number of anilines is 1. The zero-order valence-electron chi connectivity index (χ0n) is 10.2. The average Bonchev–Trinajstić information content (AvgIpc) is 2.36. The fourth-order valence-corrected chi connectivity index (χ4v) is 2.30. The molecule has 1 aromatic heterocycles. The first-order valence-electron chi connectivity index (χ1n) is 6.40. The monoisotopic (exact) mass is 237 g/mol. The number of nitriles is 1. The second-order valence-electron chi connectivity index (χ2n) is 4.86. The Bertz CT molecular complexity index is 609. The first-order valence-corrected chi connectivity index (χ1v) is 6.40. The summed E-state index contributed by atoms with van der Waals surface area (Å²) in [5.41, 5.74) is 1.57. The van der Waals surface area contributed by atoms with Gasteiger partial charge in [0.25, 0.3) is 0 Å². The molecule has 0 aliphatic heterocycles. The Hall–Kier alpha value is -2.08. The molecule has 0 amide bonds. The van der Waals surface area contributed by atoms with Gasteiger partial charge in [-0.3, -0.25) is 0 Å². The minimum absolute atomic E-state index is 0.691. The maximum absolute atomic E-state index is 9.19. The molecule has 2 aromatic rings. The van der Waals surface area contributed by atoms with Crippen molar-refractivity contribution >= 4 is 16.7 Å². The number of nitrogens with one attached hydrogen (secondary N) is 1. The first kappa shape index (κ1) is 11.0. The van der Waals surface area contributed by atoms with Gasteiger partial charge in [-0.25, -0.2) is 4.98 Å². The summed E-state index contributed by atoms with van der Waals surface area (Å²) in [6, 6.07) is 11.9. The summed E-state index contributed by atoms with van der Waals surface area (Å²) in [7, 11) is 0. The number of hydrogen-bond donors (Lipinski definition) is 1. The van der Waals surface area contributed by atoms with Crippen molar-refractivity contribution in [1.82, 2.24) is 4.98 Å². The van der Waals surface area contributed by atoms with Crippen molar-refractivity contribution in [1.29, 1.82) is 5.26 Å². The number of rotatable bonds is 3. The molecule has 0 radical (unpaired) electrons. The number of fused-ring (bicyclic) bond motifs is 1. The van der Waals surface area contributed by atoms with Gasteiger partial charge in [-0.1, -0.05) is 24.6 Å². The highest BCUT2D eigenvalue weighted by molar-refractivity contribution is 5.86. The Kier molecular flexibility index (Phi) is 2.85. The highest BCUT2D eigenvalue weighted by atomic mass is 15.0. The molecule has 0 spiro atoms. The maximum Gasteiger partial charge on any atom is 0.127 e. The molecule has 0 unspecified atom stereocenters. The Balaban J connectivity index is 1.90. The standard InChI is InChI=1S/C15H15N3/c16-9-12-8-15(17-10-11-4-3-5-11)18-14-7-2-1-6-13(12)14/h1-2,6-8,11H,3-5,10H2,(H,17,18). The van der Waals surface area contributed by atoms with E-state index in [-0.39, 0.29) is 0 Å². The van der Waals surface area contributed by atoms with E-state index in [0.29, 0.717) is 5.56 Å². The van der Waals surface area contributed by atoms with E-state index in [0.717, 1.165) is 29.2 Å². The van der Waals surface area contributed by atoms with Crippen LogP contribution >= 0.6 is 0 Å². The third kappa shape index (κ3) is 2.02. The average molecular weight is 237 g/mol.